The van der Waals surface area contributed by atoms with Crippen LogP contribution in [0.4, 0.5) is 18.9 Å². The molecular formula is C20H14F3N3O5. The molecule has 11 heteroatoms. The molecule has 3 aromatic rings. The Kier molecular flexibility index (Phi) is 5.86. The fourth-order valence-electron chi connectivity index (χ4n) is 2.74. The minimum Gasteiger partial charge on any atom is -0.456 e. The van der Waals surface area contributed by atoms with Gasteiger partial charge in [0, 0.05) is 23.9 Å². The molecule has 0 saturated carbocycles. The fourth-order valence-corrected chi connectivity index (χ4v) is 2.74. The minimum absolute atomic E-state index is 0.0000548. The molecule has 0 bridgehead atoms. The molecule has 0 atom stereocenters. The maximum atomic E-state index is 13.0. The Labute approximate surface area is 172 Å². The molecule has 0 saturated heterocycles. The molecule has 2 aromatic carbocycles. The van der Waals surface area contributed by atoms with Crippen molar-refractivity contribution in [2.24, 2.45) is 0 Å². The van der Waals surface area contributed by atoms with E-state index in [0.29, 0.717) is 5.56 Å². The lowest BCUT2D eigenvalue weighted by Gasteiger charge is -2.13. The van der Waals surface area contributed by atoms with Gasteiger partial charge in [0.2, 0.25) is 11.1 Å². The molecule has 31 heavy (non-hydrogen) atoms. The SMILES string of the molecule is Cc1cc(=O)c(C(=O)OCc2cccc([N+](=O)[O-])c2)nn1-c1cccc(C(F)(F)F)c1. The molecule has 1 heterocycles. The predicted molar refractivity (Wildman–Crippen MR) is 102 cm³/mol. The summed E-state index contributed by atoms with van der Waals surface area (Å²) in [6.07, 6.45) is -4.58. The third kappa shape index (κ3) is 4.94. The van der Waals surface area contributed by atoms with E-state index in [0.717, 1.165) is 22.9 Å². The second-order valence-corrected chi connectivity index (χ2v) is 6.46. The van der Waals surface area contributed by atoms with Crippen LogP contribution < -0.4 is 5.43 Å². The summed E-state index contributed by atoms with van der Waals surface area (Å²) in [5, 5.41) is 14.7. The number of halogens is 3. The molecule has 0 unspecified atom stereocenters. The Bertz CT molecular complexity index is 1220. The van der Waals surface area contributed by atoms with Gasteiger partial charge >= 0.3 is 12.1 Å². The van der Waals surface area contributed by atoms with Crippen LogP contribution >= 0.6 is 0 Å². The summed E-state index contributed by atoms with van der Waals surface area (Å²) >= 11 is 0. The number of aromatic nitrogens is 2. The quantitative estimate of drug-likeness (QED) is 0.344. The van der Waals surface area contributed by atoms with Crippen LogP contribution in [0.25, 0.3) is 5.69 Å². The van der Waals surface area contributed by atoms with Crippen molar-refractivity contribution in [1.82, 2.24) is 9.78 Å². The van der Waals surface area contributed by atoms with E-state index in [2.05, 4.69) is 5.10 Å². The number of nitrogens with zero attached hydrogens (tertiary/aromatic N) is 3. The van der Waals surface area contributed by atoms with Gasteiger partial charge in [-0.2, -0.15) is 18.3 Å². The molecule has 0 spiro atoms. The highest BCUT2D eigenvalue weighted by atomic mass is 19.4. The van der Waals surface area contributed by atoms with Crippen molar-refractivity contribution in [2.75, 3.05) is 0 Å². The van der Waals surface area contributed by atoms with Gasteiger partial charge in [-0.25, -0.2) is 9.48 Å². The standard InChI is InChI=1S/C20H14F3N3O5/c1-12-8-17(27)18(19(28)31-11-13-4-2-7-16(9-13)26(29)30)24-25(12)15-6-3-5-14(10-15)20(21,22)23/h2-10H,11H2,1H3. The Morgan fingerprint density at radius 1 is 1.16 bits per heavy atom. The van der Waals surface area contributed by atoms with Crippen LogP contribution in [-0.4, -0.2) is 20.7 Å². The molecule has 0 aliphatic rings. The van der Waals surface area contributed by atoms with E-state index >= 15 is 0 Å². The molecule has 0 aliphatic carbocycles. The third-order valence-corrected chi connectivity index (χ3v) is 4.21. The number of carbonyl (C=O) groups is 1. The highest BCUT2D eigenvalue weighted by Gasteiger charge is 2.30. The van der Waals surface area contributed by atoms with Crippen LogP contribution in [0.3, 0.4) is 0 Å². The average Bonchev–Trinajstić information content (AvgIpc) is 2.72. The number of nitro groups is 1. The zero-order chi connectivity index (χ0) is 22.8. The number of aryl methyl sites for hydroxylation is 1. The first kappa shape index (κ1) is 21.7. The van der Waals surface area contributed by atoms with Crippen LogP contribution in [0.15, 0.2) is 59.4 Å². The topological polar surface area (TPSA) is 104 Å². The Morgan fingerprint density at radius 3 is 2.55 bits per heavy atom. The van der Waals surface area contributed by atoms with Crippen molar-refractivity contribution in [3.8, 4) is 5.69 Å². The Balaban J connectivity index is 1.89. The maximum Gasteiger partial charge on any atom is 0.416 e. The van der Waals surface area contributed by atoms with Crippen molar-refractivity contribution < 1.29 is 27.6 Å². The second-order valence-electron chi connectivity index (χ2n) is 6.46. The summed E-state index contributed by atoms with van der Waals surface area (Å²) in [5.74, 6) is -1.11. The first-order valence-corrected chi connectivity index (χ1v) is 8.75. The molecule has 1 aromatic heterocycles. The van der Waals surface area contributed by atoms with Crippen molar-refractivity contribution >= 4 is 11.7 Å². The van der Waals surface area contributed by atoms with Gasteiger partial charge in [-0.3, -0.25) is 14.9 Å². The number of hydrogen-bond donors (Lipinski definition) is 0. The van der Waals surface area contributed by atoms with E-state index in [1.807, 2.05) is 0 Å². The third-order valence-electron chi connectivity index (χ3n) is 4.21. The van der Waals surface area contributed by atoms with E-state index in [1.54, 1.807) is 0 Å². The summed E-state index contributed by atoms with van der Waals surface area (Å²) in [4.78, 5) is 34.8. The van der Waals surface area contributed by atoms with Gasteiger partial charge in [-0.15, -0.1) is 0 Å². The van der Waals surface area contributed by atoms with Gasteiger partial charge in [0.15, 0.2) is 0 Å². The van der Waals surface area contributed by atoms with Crippen LogP contribution in [0.5, 0.6) is 0 Å². The monoisotopic (exact) mass is 433 g/mol. The van der Waals surface area contributed by atoms with Gasteiger partial charge in [0.1, 0.15) is 6.61 Å². The number of carbonyl (C=O) groups excluding carboxylic acids is 1. The van der Waals surface area contributed by atoms with Crippen molar-refractivity contribution in [1.29, 1.82) is 0 Å². The lowest BCUT2D eigenvalue weighted by Crippen LogP contribution is -2.24. The van der Waals surface area contributed by atoms with Gasteiger partial charge in [-0.1, -0.05) is 18.2 Å². The predicted octanol–water partition coefficient (Wildman–Crippen LogP) is 3.82. The van der Waals surface area contributed by atoms with Gasteiger partial charge in [0.25, 0.3) is 5.69 Å². The van der Waals surface area contributed by atoms with Crippen molar-refractivity contribution in [3.05, 3.63) is 97.4 Å². The summed E-state index contributed by atoms with van der Waals surface area (Å²) in [5.41, 5.74) is -2.00. The van der Waals surface area contributed by atoms with Crippen LogP contribution in [0.1, 0.15) is 27.3 Å². The number of non-ortho nitro benzene ring substituents is 1. The number of alkyl halides is 3. The number of rotatable bonds is 5. The summed E-state index contributed by atoms with van der Waals surface area (Å²) in [6.45, 7) is 1.09. The van der Waals surface area contributed by atoms with E-state index < -0.39 is 33.8 Å². The largest absolute Gasteiger partial charge is 0.456 e. The molecule has 3 rings (SSSR count). The smallest absolute Gasteiger partial charge is 0.416 e. The lowest BCUT2D eigenvalue weighted by atomic mass is 10.2. The number of nitro benzene ring substituents is 1. The number of ether oxygens (including phenoxy) is 1. The molecular weight excluding hydrogens is 419 g/mol. The van der Waals surface area contributed by atoms with Gasteiger partial charge in [-0.05, 0) is 30.7 Å². The number of esters is 1. The van der Waals surface area contributed by atoms with Crippen molar-refractivity contribution in [2.45, 2.75) is 19.7 Å². The molecule has 0 N–H and O–H groups in total. The van der Waals surface area contributed by atoms with E-state index in [9.17, 15) is 32.9 Å². The van der Waals surface area contributed by atoms with Gasteiger partial charge in [0.05, 0.1) is 16.2 Å². The first-order valence-electron chi connectivity index (χ1n) is 8.75. The molecule has 160 valence electrons. The van der Waals surface area contributed by atoms with E-state index in [1.165, 1.54) is 43.3 Å². The van der Waals surface area contributed by atoms with Crippen LogP contribution in [0, 0.1) is 17.0 Å². The Morgan fingerprint density at radius 2 is 1.87 bits per heavy atom. The zero-order valence-corrected chi connectivity index (χ0v) is 15.9. The molecule has 8 nitrogen and oxygen atoms in total. The minimum atomic E-state index is -4.58. The van der Waals surface area contributed by atoms with E-state index in [4.69, 9.17) is 4.74 Å². The van der Waals surface area contributed by atoms with Crippen LogP contribution in [-0.2, 0) is 17.5 Å². The Hall–Kier alpha value is -4.02. The summed E-state index contributed by atoms with van der Waals surface area (Å²) in [6, 6.07) is 10.7. The normalized spacial score (nSPS) is 11.2. The van der Waals surface area contributed by atoms with Crippen molar-refractivity contribution in [3.63, 3.8) is 0 Å². The summed E-state index contributed by atoms with van der Waals surface area (Å²) in [7, 11) is 0. The zero-order valence-electron chi connectivity index (χ0n) is 15.9. The average molecular weight is 433 g/mol. The maximum absolute atomic E-state index is 13.0. The van der Waals surface area contributed by atoms with Crippen LogP contribution in [0.2, 0.25) is 0 Å². The highest BCUT2D eigenvalue weighted by Crippen LogP contribution is 2.30. The molecule has 0 radical (unpaired) electrons. The molecule has 0 amide bonds. The number of benzene rings is 2. The molecule has 0 aliphatic heterocycles. The lowest BCUT2D eigenvalue weighted by molar-refractivity contribution is -0.384. The first-order chi connectivity index (χ1) is 14.6. The summed E-state index contributed by atoms with van der Waals surface area (Å²) < 4.78 is 45.0. The second kappa shape index (κ2) is 8.38. The van der Waals surface area contributed by atoms with Gasteiger partial charge < -0.3 is 4.74 Å². The highest BCUT2D eigenvalue weighted by molar-refractivity contribution is 5.87. The van der Waals surface area contributed by atoms with E-state index in [-0.39, 0.29) is 23.7 Å². The number of hydrogen-bond acceptors (Lipinski definition) is 6. The fraction of sp³-hybridized carbons (Fsp3) is 0.150. The molecule has 0 fully saturated rings.